The topological polar surface area (TPSA) is 70.7 Å². The van der Waals surface area contributed by atoms with Gasteiger partial charge in [-0.1, -0.05) is 30.3 Å². The third-order valence-corrected chi connectivity index (χ3v) is 4.69. The summed E-state index contributed by atoms with van der Waals surface area (Å²) in [7, 11) is 1.77. The summed E-state index contributed by atoms with van der Waals surface area (Å²) < 4.78 is 5.51. The Kier molecular flexibility index (Phi) is 7.99. The van der Waals surface area contributed by atoms with Gasteiger partial charge in [0.15, 0.2) is 0 Å². The Labute approximate surface area is 171 Å². The molecule has 2 aromatic carbocycles. The smallest absolute Gasteiger partial charge is 0.244 e. The second kappa shape index (κ2) is 10.2. The predicted molar refractivity (Wildman–Crippen MR) is 113 cm³/mol. The van der Waals surface area contributed by atoms with Crippen molar-refractivity contribution in [3.05, 3.63) is 60.2 Å². The lowest BCUT2D eigenvalue weighted by Crippen LogP contribution is -2.53. The fraction of sp³-hybridized carbons (Fsp3) is 0.333. The summed E-state index contributed by atoms with van der Waals surface area (Å²) in [6.07, 6.45) is 0.137. The molecule has 1 aliphatic rings. The van der Waals surface area contributed by atoms with Gasteiger partial charge in [-0.05, 0) is 36.8 Å². The van der Waals surface area contributed by atoms with Crippen LogP contribution in [0.25, 0.3) is 0 Å². The van der Waals surface area contributed by atoms with Gasteiger partial charge in [-0.2, -0.15) is 0 Å². The van der Waals surface area contributed by atoms with Gasteiger partial charge in [0.2, 0.25) is 11.8 Å². The number of nitrogens with one attached hydrogen (secondary N) is 2. The van der Waals surface area contributed by atoms with E-state index < -0.39 is 0 Å². The Balaban J connectivity index is 0.00000280. The number of halogens is 1. The zero-order valence-corrected chi connectivity index (χ0v) is 16.9. The maximum absolute atomic E-state index is 12.5. The van der Waals surface area contributed by atoms with Crippen molar-refractivity contribution in [3.63, 3.8) is 0 Å². The first-order valence-corrected chi connectivity index (χ1v) is 9.11. The quantitative estimate of drug-likeness (QED) is 0.805. The van der Waals surface area contributed by atoms with Crippen LogP contribution in [0.2, 0.25) is 0 Å². The number of para-hydroxylation sites is 1. The highest BCUT2D eigenvalue weighted by molar-refractivity contribution is 5.96. The molecule has 1 fully saturated rings. The molecule has 1 aliphatic heterocycles. The van der Waals surface area contributed by atoms with Gasteiger partial charge in [-0.15, -0.1) is 12.4 Å². The molecule has 2 amide bonds. The molecule has 0 saturated carbocycles. The number of morpholine rings is 1. The largest absolute Gasteiger partial charge is 0.375 e. The van der Waals surface area contributed by atoms with E-state index in [1.165, 1.54) is 0 Å². The minimum atomic E-state index is -0.362. The summed E-state index contributed by atoms with van der Waals surface area (Å²) in [5.74, 6) is -0.106. The SMILES string of the molecule is C[C@H]1OCCN[C@@H]1C(=O)Nc1ccc(CC(=O)N(C)c2ccccc2)cc1.Cl. The molecule has 0 unspecified atom stereocenters. The average Bonchev–Trinajstić information content (AvgIpc) is 2.69. The number of likely N-dealkylation sites (N-methyl/N-ethyl adjacent to an activating group) is 1. The van der Waals surface area contributed by atoms with Crippen LogP contribution in [0.4, 0.5) is 11.4 Å². The molecule has 2 N–H and O–H groups in total. The second-order valence-corrected chi connectivity index (χ2v) is 6.66. The molecule has 0 aliphatic carbocycles. The fourth-order valence-corrected chi connectivity index (χ4v) is 3.04. The van der Waals surface area contributed by atoms with Crippen LogP contribution in [0.1, 0.15) is 12.5 Å². The van der Waals surface area contributed by atoms with Gasteiger partial charge < -0.3 is 20.3 Å². The van der Waals surface area contributed by atoms with E-state index in [1.54, 1.807) is 11.9 Å². The minimum absolute atomic E-state index is 0. The van der Waals surface area contributed by atoms with Crippen LogP contribution in [-0.2, 0) is 20.7 Å². The third kappa shape index (κ3) is 5.55. The van der Waals surface area contributed by atoms with E-state index in [1.807, 2.05) is 61.5 Å². The van der Waals surface area contributed by atoms with E-state index in [9.17, 15) is 9.59 Å². The van der Waals surface area contributed by atoms with E-state index in [2.05, 4.69) is 10.6 Å². The van der Waals surface area contributed by atoms with Gasteiger partial charge in [-0.3, -0.25) is 9.59 Å². The number of nitrogens with zero attached hydrogens (tertiary/aromatic N) is 1. The van der Waals surface area contributed by atoms with Crippen molar-refractivity contribution in [3.8, 4) is 0 Å². The van der Waals surface area contributed by atoms with Crippen molar-refractivity contribution in [1.82, 2.24) is 5.32 Å². The molecule has 28 heavy (non-hydrogen) atoms. The summed E-state index contributed by atoms with van der Waals surface area (Å²) in [4.78, 5) is 26.5. The highest BCUT2D eigenvalue weighted by atomic mass is 35.5. The van der Waals surface area contributed by atoms with Crippen molar-refractivity contribution in [2.45, 2.75) is 25.5 Å². The number of amides is 2. The van der Waals surface area contributed by atoms with Crippen LogP contribution >= 0.6 is 12.4 Å². The monoisotopic (exact) mass is 403 g/mol. The van der Waals surface area contributed by atoms with Crippen molar-refractivity contribution >= 4 is 35.6 Å². The number of ether oxygens (including phenoxy) is 1. The minimum Gasteiger partial charge on any atom is -0.375 e. The van der Waals surface area contributed by atoms with E-state index in [4.69, 9.17) is 4.74 Å². The fourth-order valence-electron chi connectivity index (χ4n) is 3.04. The van der Waals surface area contributed by atoms with Gasteiger partial charge in [0.25, 0.3) is 0 Å². The first-order chi connectivity index (χ1) is 13.0. The summed E-state index contributed by atoms with van der Waals surface area (Å²) >= 11 is 0. The summed E-state index contributed by atoms with van der Waals surface area (Å²) in [6, 6.07) is 16.5. The molecule has 2 atom stereocenters. The van der Waals surface area contributed by atoms with Gasteiger partial charge >= 0.3 is 0 Å². The van der Waals surface area contributed by atoms with E-state index in [-0.39, 0.29) is 36.4 Å². The molecule has 3 rings (SSSR count). The number of hydrogen-bond donors (Lipinski definition) is 2. The molecule has 2 aromatic rings. The Morgan fingerprint density at radius 2 is 1.82 bits per heavy atom. The number of carbonyl (C=O) groups is 2. The molecule has 7 heteroatoms. The lowest BCUT2D eigenvalue weighted by molar-refractivity contribution is -0.123. The van der Waals surface area contributed by atoms with E-state index >= 15 is 0 Å². The van der Waals surface area contributed by atoms with Gasteiger partial charge in [0.1, 0.15) is 6.04 Å². The molecule has 1 heterocycles. The summed E-state index contributed by atoms with van der Waals surface area (Å²) in [5, 5.41) is 6.06. The Hall–Kier alpha value is -2.41. The van der Waals surface area contributed by atoms with E-state index in [0.717, 1.165) is 11.3 Å². The molecular weight excluding hydrogens is 378 g/mol. The van der Waals surface area contributed by atoms with Crippen LogP contribution in [0.3, 0.4) is 0 Å². The first kappa shape index (κ1) is 21.9. The maximum atomic E-state index is 12.5. The highest BCUT2D eigenvalue weighted by Crippen LogP contribution is 2.15. The Bertz CT molecular complexity index is 783. The number of carbonyl (C=O) groups excluding carboxylic acids is 2. The molecule has 6 nitrogen and oxygen atoms in total. The normalized spacial score (nSPS) is 18.6. The van der Waals surface area contributed by atoms with Crippen LogP contribution in [0.5, 0.6) is 0 Å². The van der Waals surface area contributed by atoms with E-state index in [0.29, 0.717) is 25.3 Å². The molecule has 1 saturated heterocycles. The third-order valence-electron chi connectivity index (χ3n) is 4.69. The molecule has 0 radical (unpaired) electrons. The first-order valence-electron chi connectivity index (χ1n) is 9.11. The van der Waals surface area contributed by atoms with Gasteiger partial charge in [0, 0.05) is 25.0 Å². The number of hydrogen-bond acceptors (Lipinski definition) is 4. The number of rotatable bonds is 5. The van der Waals surface area contributed by atoms with Crippen molar-refractivity contribution in [2.75, 3.05) is 30.4 Å². The van der Waals surface area contributed by atoms with Crippen molar-refractivity contribution in [1.29, 1.82) is 0 Å². The molecule has 150 valence electrons. The zero-order chi connectivity index (χ0) is 19.2. The van der Waals surface area contributed by atoms with Crippen LogP contribution < -0.4 is 15.5 Å². The molecular formula is C21H26ClN3O3. The molecule has 0 spiro atoms. The second-order valence-electron chi connectivity index (χ2n) is 6.66. The zero-order valence-electron chi connectivity index (χ0n) is 16.1. The summed E-state index contributed by atoms with van der Waals surface area (Å²) in [5.41, 5.74) is 2.46. The Morgan fingerprint density at radius 1 is 1.14 bits per heavy atom. The number of anilines is 2. The van der Waals surface area contributed by atoms with Gasteiger partial charge in [-0.25, -0.2) is 0 Å². The van der Waals surface area contributed by atoms with Crippen LogP contribution in [0.15, 0.2) is 54.6 Å². The average molecular weight is 404 g/mol. The summed E-state index contributed by atoms with van der Waals surface area (Å²) in [6.45, 7) is 3.16. The highest BCUT2D eigenvalue weighted by Gasteiger charge is 2.28. The molecule has 0 aromatic heterocycles. The Morgan fingerprint density at radius 3 is 2.46 bits per heavy atom. The van der Waals surface area contributed by atoms with Crippen molar-refractivity contribution in [2.24, 2.45) is 0 Å². The lowest BCUT2D eigenvalue weighted by Gasteiger charge is -2.29. The number of benzene rings is 2. The maximum Gasteiger partial charge on any atom is 0.244 e. The van der Waals surface area contributed by atoms with Crippen LogP contribution in [-0.4, -0.2) is 44.2 Å². The molecule has 0 bridgehead atoms. The standard InChI is InChI=1S/C21H25N3O3.ClH/c1-15-20(22-12-13-27-15)21(26)23-17-10-8-16(9-11-17)14-19(25)24(2)18-6-4-3-5-7-18;/h3-11,15,20,22H,12-14H2,1-2H3,(H,23,26);1H/t15-,20+;/m1./s1. The van der Waals surface area contributed by atoms with Crippen molar-refractivity contribution < 1.29 is 14.3 Å². The lowest BCUT2D eigenvalue weighted by atomic mass is 10.1. The van der Waals surface area contributed by atoms with Crippen LogP contribution in [0, 0.1) is 0 Å². The predicted octanol–water partition coefficient (Wildman–Crippen LogP) is 2.63. The van der Waals surface area contributed by atoms with Gasteiger partial charge in [0.05, 0.1) is 19.1 Å².